The number of benzene rings is 1. The van der Waals surface area contributed by atoms with Gasteiger partial charge in [0.25, 0.3) is 11.8 Å². The van der Waals surface area contributed by atoms with E-state index in [9.17, 15) is 18.5 Å². The predicted octanol–water partition coefficient (Wildman–Crippen LogP) is 5.48. The van der Waals surface area contributed by atoms with Crippen molar-refractivity contribution in [1.29, 1.82) is 0 Å². The van der Waals surface area contributed by atoms with Gasteiger partial charge in [-0.1, -0.05) is 4.48 Å². The molecule has 4 aromatic heterocycles. The minimum atomic E-state index is -0.911. The number of ether oxygens (including phenoxy) is 2. The fourth-order valence-corrected chi connectivity index (χ4v) is 6.01. The molecule has 0 radical (unpaired) electrons. The molecule has 1 N–H and O–H groups in total. The molecule has 5 aromatic rings. The molecule has 246 valence electrons. The van der Waals surface area contributed by atoms with E-state index in [2.05, 4.69) is 20.4 Å². The van der Waals surface area contributed by atoms with Gasteiger partial charge in [-0.2, -0.15) is 10.2 Å². The third-order valence-electron chi connectivity index (χ3n) is 8.87. The smallest absolute Gasteiger partial charge is 0.285 e. The lowest BCUT2D eigenvalue weighted by Crippen LogP contribution is -2.36. The summed E-state index contributed by atoms with van der Waals surface area (Å²) in [5, 5.41) is 7.66. The minimum absolute atomic E-state index is 0.00647. The van der Waals surface area contributed by atoms with E-state index in [1.165, 1.54) is 28.8 Å². The fraction of sp³-hybridized carbons (Fsp3) is 0.314. The topological polar surface area (TPSA) is 124 Å². The third-order valence-corrected chi connectivity index (χ3v) is 8.87. The van der Waals surface area contributed by atoms with Gasteiger partial charge >= 0.3 is 0 Å². The van der Waals surface area contributed by atoms with Crippen LogP contribution in [0.2, 0.25) is 0 Å². The summed E-state index contributed by atoms with van der Waals surface area (Å²) in [6.07, 6.45) is 8.05. The number of fused-ring (bicyclic) bond motifs is 1. The summed E-state index contributed by atoms with van der Waals surface area (Å²) < 4.78 is 41.3. The molecular weight excluding hydrogens is 620 g/mol. The SMILES string of the molecule is Cc1nc(OCC2CCOCC2)c(C(=O)NC2(c3ncccn3)CC2)cc1-c1ccn2nc(-c3ccc(F)cc3)c(C(=O)N(C)F)c2c1. The monoisotopic (exact) mass is 653 g/mol. The van der Waals surface area contributed by atoms with E-state index in [1.807, 2.05) is 6.92 Å². The molecule has 0 bridgehead atoms. The molecule has 5 heterocycles. The van der Waals surface area contributed by atoms with Gasteiger partial charge in [-0.15, -0.1) is 0 Å². The summed E-state index contributed by atoms with van der Waals surface area (Å²) in [4.78, 5) is 40.7. The van der Waals surface area contributed by atoms with E-state index in [-0.39, 0.29) is 39.6 Å². The van der Waals surface area contributed by atoms with Crippen molar-refractivity contribution >= 4 is 17.3 Å². The van der Waals surface area contributed by atoms with Crippen LogP contribution in [-0.4, -0.2) is 68.4 Å². The van der Waals surface area contributed by atoms with Gasteiger partial charge in [0.1, 0.15) is 22.6 Å². The van der Waals surface area contributed by atoms with Gasteiger partial charge in [-0.3, -0.25) is 9.59 Å². The van der Waals surface area contributed by atoms with Crippen molar-refractivity contribution in [3.63, 3.8) is 0 Å². The van der Waals surface area contributed by atoms with Gasteiger partial charge in [0, 0.05) is 55.7 Å². The molecule has 2 aliphatic rings. The van der Waals surface area contributed by atoms with Gasteiger partial charge in [-0.05, 0) is 92.6 Å². The van der Waals surface area contributed by atoms with Crippen LogP contribution in [0.25, 0.3) is 27.9 Å². The predicted molar refractivity (Wildman–Crippen MR) is 171 cm³/mol. The van der Waals surface area contributed by atoms with Crippen LogP contribution in [0, 0.1) is 18.7 Å². The Balaban J connectivity index is 1.30. The molecule has 1 saturated heterocycles. The van der Waals surface area contributed by atoms with Gasteiger partial charge in [-0.25, -0.2) is 23.9 Å². The lowest BCUT2D eigenvalue weighted by atomic mass is 10.00. The number of rotatable bonds is 9. The number of halogens is 2. The molecule has 0 unspecified atom stereocenters. The fourth-order valence-electron chi connectivity index (χ4n) is 6.01. The molecule has 0 atom stereocenters. The highest BCUT2D eigenvalue weighted by Crippen LogP contribution is 2.44. The zero-order chi connectivity index (χ0) is 33.4. The largest absolute Gasteiger partial charge is 0.477 e. The number of nitrogens with zero attached hydrogens (tertiary/aromatic N) is 6. The summed E-state index contributed by atoms with van der Waals surface area (Å²) in [7, 11) is 1.01. The summed E-state index contributed by atoms with van der Waals surface area (Å²) >= 11 is 0. The summed E-state index contributed by atoms with van der Waals surface area (Å²) in [6, 6.07) is 12.4. The first-order valence-electron chi connectivity index (χ1n) is 15.8. The first kappa shape index (κ1) is 31.3. The third kappa shape index (κ3) is 6.08. The van der Waals surface area contributed by atoms with E-state index in [0.717, 1.165) is 19.9 Å². The number of nitrogens with one attached hydrogen (secondary N) is 1. The molecule has 7 rings (SSSR count). The Hall–Kier alpha value is -5.30. The summed E-state index contributed by atoms with van der Waals surface area (Å²) in [5.74, 6) is -0.716. The number of carbonyl (C=O) groups is 2. The van der Waals surface area contributed by atoms with Crippen molar-refractivity contribution in [3.05, 3.63) is 95.6 Å². The lowest BCUT2D eigenvalue weighted by molar-refractivity contribution is 0.0346. The zero-order valence-electron chi connectivity index (χ0n) is 26.5. The average Bonchev–Trinajstić information content (AvgIpc) is 3.79. The maximum atomic E-state index is 14.4. The number of amides is 2. The van der Waals surface area contributed by atoms with Gasteiger partial charge in [0.05, 0.1) is 17.7 Å². The summed E-state index contributed by atoms with van der Waals surface area (Å²) in [5.41, 5.74) is 2.35. The van der Waals surface area contributed by atoms with Crippen molar-refractivity contribution in [2.24, 2.45) is 5.92 Å². The highest BCUT2D eigenvalue weighted by Gasteiger charge is 2.49. The molecule has 11 nitrogen and oxygen atoms in total. The van der Waals surface area contributed by atoms with Crippen LogP contribution in [0.4, 0.5) is 8.87 Å². The van der Waals surface area contributed by atoms with Crippen molar-refractivity contribution in [2.75, 3.05) is 26.9 Å². The van der Waals surface area contributed by atoms with Crippen LogP contribution in [-0.2, 0) is 10.3 Å². The lowest BCUT2D eigenvalue weighted by Gasteiger charge is -2.23. The maximum absolute atomic E-state index is 14.4. The second kappa shape index (κ2) is 12.7. The highest BCUT2D eigenvalue weighted by atomic mass is 19.2. The van der Waals surface area contributed by atoms with Crippen molar-refractivity contribution in [1.82, 2.24) is 35.0 Å². The average molecular weight is 654 g/mol. The molecule has 2 amide bonds. The van der Waals surface area contributed by atoms with E-state index in [1.54, 1.807) is 42.9 Å². The van der Waals surface area contributed by atoms with Crippen LogP contribution in [0.5, 0.6) is 5.88 Å². The first-order chi connectivity index (χ1) is 23.2. The Bertz CT molecular complexity index is 1990. The standard InChI is InChI=1S/C35H33F2N7O4/c1-21-26(24-8-15-44-28(18-24)29(33(46)43(2)37)30(42-44)23-4-6-25(36)7-5-23)19-27(32(40-21)48-20-22-9-16-47-17-10-22)31(45)41-35(11-12-35)34-38-13-3-14-39-34/h3-8,13-15,18-19,22H,9-12,16-17,20H2,1-2H3,(H,41,45). The number of aromatic nitrogens is 5. The second-order valence-corrected chi connectivity index (χ2v) is 12.2. The molecule has 48 heavy (non-hydrogen) atoms. The van der Waals surface area contributed by atoms with Crippen molar-refractivity contribution < 1.29 is 27.9 Å². The Labute approximate surface area is 274 Å². The normalized spacial score (nSPS) is 15.7. The second-order valence-electron chi connectivity index (χ2n) is 12.2. The number of hydrogen-bond donors (Lipinski definition) is 1. The molecule has 0 spiro atoms. The minimum Gasteiger partial charge on any atom is -0.477 e. The van der Waals surface area contributed by atoms with Crippen LogP contribution >= 0.6 is 0 Å². The number of hydrogen-bond acceptors (Lipinski definition) is 8. The Morgan fingerprint density at radius 2 is 1.81 bits per heavy atom. The highest BCUT2D eigenvalue weighted by molar-refractivity contribution is 6.06. The van der Waals surface area contributed by atoms with Gasteiger partial charge < -0.3 is 14.8 Å². The maximum Gasteiger partial charge on any atom is 0.285 e. The van der Waals surface area contributed by atoms with Crippen LogP contribution in [0.1, 0.15) is 57.9 Å². The summed E-state index contributed by atoms with van der Waals surface area (Å²) in [6.45, 7) is 3.52. The van der Waals surface area contributed by atoms with E-state index in [4.69, 9.17) is 14.5 Å². The van der Waals surface area contributed by atoms with Gasteiger partial charge in [0.2, 0.25) is 5.88 Å². The van der Waals surface area contributed by atoms with Gasteiger partial charge in [0.15, 0.2) is 5.82 Å². The molecule has 1 saturated carbocycles. The molecule has 1 aliphatic heterocycles. The molecule has 2 fully saturated rings. The Kier molecular flexibility index (Phi) is 8.29. The van der Waals surface area contributed by atoms with Crippen molar-refractivity contribution in [2.45, 2.75) is 38.1 Å². The van der Waals surface area contributed by atoms with Crippen LogP contribution in [0.3, 0.4) is 0 Å². The number of pyridine rings is 2. The Morgan fingerprint density at radius 1 is 1.08 bits per heavy atom. The zero-order valence-corrected chi connectivity index (χ0v) is 26.5. The van der Waals surface area contributed by atoms with Crippen LogP contribution in [0.15, 0.2) is 67.1 Å². The quantitative estimate of drug-likeness (QED) is 0.208. The van der Waals surface area contributed by atoms with Crippen molar-refractivity contribution in [3.8, 4) is 28.3 Å². The molecule has 13 heteroatoms. The first-order valence-corrected chi connectivity index (χ1v) is 15.8. The number of aryl methyl sites for hydroxylation is 1. The van der Waals surface area contributed by atoms with E-state index in [0.29, 0.717) is 66.4 Å². The Morgan fingerprint density at radius 3 is 2.50 bits per heavy atom. The molecule has 1 aliphatic carbocycles. The van der Waals surface area contributed by atoms with Crippen LogP contribution < -0.4 is 10.1 Å². The molecular formula is C35H33F2N7O4. The van der Waals surface area contributed by atoms with E-state index >= 15 is 0 Å². The van der Waals surface area contributed by atoms with E-state index < -0.39 is 17.3 Å². The molecule has 1 aromatic carbocycles. The number of carbonyl (C=O) groups excluding carboxylic acids is 2.